The molecule has 1 saturated carbocycles. The molecule has 0 spiro atoms. The van der Waals surface area contributed by atoms with Crippen LogP contribution in [0.2, 0.25) is 0 Å². The van der Waals surface area contributed by atoms with E-state index in [1.807, 2.05) is 0 Å². The number of halogens is 1. The molecule has 0 saturated heterocycles. The van der Waals surface area contributed by atoms with Crippen LogP contribution in [0.5, 0.6) is 0 Å². The molecular formula is C14H20BrN. The third-order valence-corrected chi connectivity index (χ3v) is 4.25. The van der Waals surface area contributed by atoms with Crippen LogP contribution in [0.15, 0.2) is 28.7 Å². The summed E-state index contributed by atoms with van der Waals surface area (Å²) in [6.07, 6.45) is 6.93. The van der Waals surface area contributed by atoms with E-state index in [-0.39, 0.29) is 0 Å². The van der Waals surface area contributed by atoms with Gasteiger partial charge in [-0.3, -0.25) is 0 Å². The molecule has 1 aliphatic carbocycles. The smallest absolute Gasteiger partial charge is 0.0175 e. The van der Waals surface area contributed by atoms with Gasteiger partial charge >= 0.3 is 0 Å². The molecule has 0 bridgehead atoms. The second kappa shape index (κ2) is 5.83. The minimum atomic E-state index is 0.552. The van der Waals surface area contributed by atoms with Crippen LogP contribution in [0.25, 0.3) is 0 Å². The van der Waals surface area contributed by atoms with E-state index in [1.165, 1.54) is 37.7 Å². The molecule has 16 heavy (non-hydrogen) atoms. The number of hydrogen-bond donors (Lipinski definition) is 1. The lowest BCUT2D eigenvalue weighted by Gasteiger charge is -2.19. The Kier molecular flexibility index (Phi) is 4.42. The summed E-state index contributed by atoms with van der Waals surface area (Å²) in [5, 5.41) is 0. The van der Waals surface area contributed by atoms with E-state index in [2.05, 4.69) is 40.2 Å². The van der Waals surface area contributed by atoms with Crippen LogP contribution in [0.3, 0.4) is 0 Å². The van der Waals surface area contributed by atoms with E-state index in [9.17, 15) is 0 Å². The summed E-state index contributed by atoms with van der Waals surface area (Å²) >= 11 is 3.47. The van der Waals surface area contributed by atoms with Gasteiger partial charge < -0.3 is 5.73 Å². The second-order valence-corrected chi connectivity index (χ2v) is 5.79. The fraction of sp³-hybridized carbons (Fsp3) is 0.571. The molecule has 1 fully saturated rings. The van der Waals surface area contributed by atoms with Crippen LogP contribution < -0.4 is 5.73 Å². The standard InChI is InChI=1S/C14H20BrN/c15-14-7-5-12(6-8-14)13(10-16)9-11-3-1-2-4-11/h5-8,11,13H,1-4,9-10,16H2. The van der Waals surface area contributed by atoms with Gasteiger partial charge in [-0.2, -0.15) is 0 Å². The van der Waals surface area contributed by atoms with Crippen molar-refractivity contribution in [2.45, 2.75) is 38.0 Å². The average molecular weight is 282 g/mol. The molecule has 1 atom stereocenters. The molecule has 0 amide bonds. The van der Waals surface area contributed by atoms with Crippen molar-refractivity contribution in [3.8, 4) is 0 Å². The second-order valence-electron chi connectivity index (χ2n) is 4.87. The molecule has 1 aliphatic rings. The molecule has 1 aromatic carbocycles. The maximum Gasteiger partial charge on any atom is 0.0175 e. The molecule has 0 aliphatic heterocycles. The van der Waals surface area contributed by atoms with Gasteiger partial charge in [-0.15, -0.1) is 0 Å². The lowest BCUT2D eigenvalue weighted by atomic mass is 9.88. The van der Waals surface area contributed by atoms with E-state index in [0.29, 0.717) is 5.92 Å². The summed E-state index contributed by atoms with van der Waals surface area (Å²) < 4.78 is 1.15. The van der Waals surface area contributed by atoms with Gasteiger partial charge in [-0.25, -0.2) is 0 Å². The predicted octanol–water partition coefficient (Wildman–Crippen LogP) is 4.07. The summed E-state index contributed by atoms with van der Waals surface area (Å²) in [5.41, 5.74) is 7.31. The molecule has 1 unspecified atom stereocenters. The lowest BCUT2D eigenvalue weighted by molar-refractivity contribution is 0.448. The van der Waals surface area contributed by atoms with E-state index in [1.54, 1.807) is 0 Å². The fourth-order valence-corrected chi connectivity index (χ4v) is 3.02. The molecule has 2 rings (SSSR count). The van der Waals surface area contributed by atoms with E-state index in [0.717, 1.165) is 16.9 Å². The summed E-state index contributed by atoms with van der Waals surface area (Å²) in [5.74, 6) is 1.47. The number of hydrogen-bond acceptors (Lipinski definition) is 1. The fourth-order valence-electron chi connectivity index (χ4n) is 2.75. The van der Waals surface area contributed by atoms with Gasteiger partial charge in [-0.05, 0) is 42.5 Å². The predicted molar refractivity (Wildman–Crippen MR) is 72.5 cm³/mol. The van der Waals surface area contributed by atoms with Crippen LogP contribution in [-0.2, 0) is 0 Å². The number of rotatable bonds is 4. The Bertz CT molecular complexity index is 314. The largest absolute Gasteiger partial charge is 0.330 e. The van der Waals surface area contributed by atoms with Gasteiger partial charge in [0.2, 0.25) is 0 Å². The summed E-state index contributed by atoms with van der Waals surface area (Å²) in [6.45, 7) is 0.776. The Morgan fingerprint density at radius 2 is 1.81 bits per heavy atom. The molecule has 1 aromatic rings. The van der Waals surface area contributed by atoms with Crippen molar-refractivity contribution < 1.29 is 0 Å². The van der Waals surface area contributed by atoms with Crippen molar-refractivity contribution in [3.05, 3.63) is 34.3 Å². The highest BCUT2D eigenvalue weighted by Gasteiger charge is 2.20. The summed E-state index contributed by atoms with van der Waals surface area (Å²) in [7, 11) is 0. The third-order valence-electron chi connectivity index (χ3n) is 3.72. The van der Waals surface area contributed by atoms with Crippen molar-refractivity contribution in [2.75, 3.05) is 6.54 Å². The van der Waals surface area contributed by atoms with Gasteiger partial charge in [0, 0.05) is 4.47 Å². The zero-order chi connectivity index (χ0) is 11.4. The van der Waals surface area contributed by atoms with Crippen LogP contribution in [0.4, 0.5) is 0 Å². The van der Waals surface area contributed by atoms with Gasteiger partial charge in [0.05, 0.1) is 0 Å². The molecule has 0 radical (unpaired) electrons. The van der Waals surface area contributed by atoms with Crippen LogP contribution >= 0.6 is 15.9 Å². The van der Waals surface area contributed by atoms with Gasteiger partial charge in [-0.1, -0.05) is 53.7 Å². The molecule has 0 heterocycles. The SMILES string of the molecule is NCC(CC1CCCC1)c1ccc(Br)cc1. The third kappa shape index (κ3) is 3.08. The van der Waals surface area contributed by atoms with E-state index < -0.39 is 0 Å². The van der Waals surface area contributed by atoms with Gasteiger partial charge in [0.1, 0.15) is 0 Å². The highest BCUT2D eigenvalue weighted by atomic mass is 79.9. The Morgan fingerprint density at radius 1 is 1.19 bits per heavy atom. The lowest BCUT2D eigenvalue weighted by Crippen LogP contribution is -2.15. The maximum atomic E-state index is 5.91. The monoisotopic (exact) mass is 281 g/mol. The van der Waals surface area contributed by atoms with Crippen molar-refractivity contribution in [2.24, 2.45) is 11.7 Å². The Balaban J connectivity index is 2.00. The normalized spacial score (nSPS) is 18.9. The van der Waals surface area contributed by atoms with Crippen molar-refractivity contribution >= 4 is 15.9 Å². The summed E-state index contributed by atoms with van der Waals surface area (Å²) in [4.78, 5) is 0. The quantitative estimate of drug-likeness (QED) is 0.885. The topological polar surface area (TPSA) is 26.0 Å². The van der Waals surface area contributed by atoms with Crippen molar-refractivity contribution in [3.63, 3.8) is 0 Å². The highest BCUT2D eigenvalue weighted by Crippen LogP contribution is 2.33. The molecule has 1 nitrogen and oxygen atoms in total. The molecule has 88 valence electrons. The molecule has 0 aromatic heterocycles. The van der Waals surface area contributed by atoms with Crippen LogP contribution in [0, 0.1) is 5.92 Å². The zero-order valence-electron chi connectivity index (χ0n) is 9.66. The first kappa shape index (κ1) is 12.1. The first-order valence-corrected chi connectivity index (χ1v) is 7.04. The van der Waals surface area contributed by atoms with Crippen LogP contribution in [0.1, 0.15) is 43.6 Å². The highest BCUT2D eigenvalue weighted by molar-refractivity contribution is 9.10. The zero-order valence-corrected chi connectivity index (χ0v) is 11.2. The first-order valence-electron chi connectivity index (χ1n) is 6.25. The van der Waals surface area contributed by atoms with E-state index in [4.69, 9.17) is 5.73 Å². The molecule has 2 N–H and O–H groups in total. The average Bonchev–Trinajstić information content (AvgIpc) is 2.80. The van der Waals surface area contributed by atoms with E-state index >= 15 is 0 Å². The Labute approximate surface area is 107 Å². The van der Waals surface area contributed by atoms with Gasteiger partial charge in [0.25, 0.3) is 0 Å². The minimum Gasteiger partial charge on any atom is -0.330 e. The van der Waals surface area contributed by atoms with Crippen molar-refractivity contribution in [1.29, 1.82) is 0 Å². The molecule has 2 heteroatoms. The number of nitrogens with two attached hydrogens (primary N) is 1. The Hall–Kier alpha value is -0.340. The van der Waals surface area contributed by atoms with Gasteiger partial charge in [0.15, 0.2) is 0 Å². The van der Waals surface area contributed by atoms with Crippen molar-refractivity contribution in [1.82, 2.24) is 0 Å². The maximum absolute atomic E-state index is 5.91. The minimum absolute atomic E-state index is 0.552. The first-order chi connectivity index (χ1) is 7.79. The summed E-state index contributed by atoms with van der Waals surface area (Å²) in [6, 6.07) is 8.65. The molecular weight excluding hydrogens is 262 g/mol. The Morgan fingerprint density at radius 3 is 2.38 bits per heavy atom. The number of benzene rings is 1. The van der Waals surface area contributed by atoms with Crippen LogP contribution in [-0.4, -0.2) is 6.54 Å².